The number of anilines is 1. The van der Waals surface area contributed by atoms with Gasteiger partial charge in [-0.1, -0.05) is 12.1 Å². The second kappa shape index (κ2) is 6.61. The average molecular weight is 305 g/mol. The van der Waals surface area contributed by atoms with Crippen LogP contribution in [0.3, 0.4) is 0 Å². The van der Waals surface area contributed by atoms with Gasteiger partial charge in [0.2, 0.25) is 5.75 Å². The normalized spacial score (nSPS) is 11.5. The largest absolute Gasteiger partial charge is 0.473 e. The summed E-state index contributed by atoms with van der Waals surface area (Å²) in [5.41, 5.74) is 0.00337. The van der Waals surface area contributed by atoms with Gasteiger partial charge in [-0.15, -0.1) is 0 Å². The zero-order chi connectivity index (χ0) is 16.1. The van der Waals surface area contributed by atoms with Gasteiger partial charge >= 0.3 is 5.82 Å². The van der Waals surface area contributed by atoms with E-state index < -0.39 is 28.6 Å². The van der Waals surface area contributed by atoms with Crippen molar-refractivity contribution in [2.24, 2.45) is 0 Å². The molecule has 0 saturated carbocycles. The molecule has 1 aromatic heterocycles. The van der Waals surface area contributed by atoms with Gasteiger partial charge in [0.25, 0.3) is 5.91 Å². The summed E-state index contributed by atoms with van der Waals surface area (Å²) in [6.45, 7) is 1.40. The van der Waals surface area contributed by atoms with E-state index in [0.717, 1.165) is 0 Å². The molecule has 0 spiro atoms. The molecule has 0 aliphatic rings. The molecule has 1 aromatic carbocycles. The number of nitrogens with zero attached hydrogens (tertiary/aromatic N) is 2. The fourth-order valence-corrected chi connectivity index (χ4v) is 1.65. The highest BCUT2D eigenvalue weighted by Crippen LogP contribution is 2.24. The van der Waals surface area contributed by atoms with Gasteiger partial charge in [-0.2, -0.15) is 0 Å². The van der Waals surface area contributed by atoms with Crippen LogP contribution in [0, 0.1) is 15.9 Å². The van der Waals surface area contributed by atoms with Crippen LogP contribution in [0.2, 0.25) is 0 Å². The van der Waals surface area contributed by atoms with Gasteiger partial charge in [0.15, 0.2) is 6.10 Å². The Kier molecular flexibility index (Phi) is 4.62. The number of carbonyl (C=O) groups excluding carboxylic acids is 1. The molecule has 114 valence electrons. The van der Waals surface area contributed by atoms with E-state index in [-0.39, 0.29) is 11.4 Å². The van der Waals surface area contributed by atoms with Gasteiger partial charge in [0, 0.05) is 0 Å². The van der Waals surface area contributed by atoms with Gasteiger partial charge < -0.3 is 20.2 Å². The maximum Gasteiger partial charge on any atom is 0.406 e. The van der Waals surface area contributed by atoms with Crippen molar-refractivity contribution in [3.05, 3.63) is 58.5 Å². The molecule has 0 saturated heterocycles. The first-order chi connectivity index (χ1) is 10.5. The Labute approximate surface area is 124 Å². The molecular weight excluding hydrogens is 293 g/mol. The molecule has 1 amide bonds. The van der Waals surface area contributed by atoms with Gasteiger partial charge in [-0.25, -0.2) is 4.39 Å². The number of rotatable bonds is 5. The van der Waals surface area contributed by atoms with E-state index in [9.17, 15) is 19.3 Å². The molecule has 1 atom stereocenters. The maximum absolute atomic E-state index is 13.5. The lowest BCUT2D eigenvalue weighted by molar-refractivity contribution is -0.390. The van der Waals surface area contributed by atoms with Crippen LogP contribution in [0.5, 0.6) is 5.75 Å². The van der Waals surface area contributed by atoms with E-state index in [4.69, 9.17) is 4.74 Å². The van der Waals surface area contributed by atoms with Crippen LogP contribution in [0.4, 0.5) is 15.9 Å². The van der Waals surface area contributed by atoms with Crippen molar-refractivity contribution in [3.63, 3.8) is 0 Å². The summed E-state index contributed by atoms with van der Waals surface area (Å²) in [6, 6.07) is 8.43. The molecule has 0 fully saturated rings. The summed E-state index contributed by atoms with van der Waals surface area (Å²) in [5.74, 6) is -1.85. The average Bonchev–Trinajstić information content (AvgIpc) is 2.49. The number of halogens is 1. The Balaban J connectivity index is 2.09. The number of ether oxygens (including phenoxy) is 1. The number of nitrogens with one attached hydrogen (secondary N) is 1. The zero-order valence-corrected chi connectivity index (χ0v) is 11.5. The number of hydrogen-bond donors (Lipinski definition) is 1. The minimum atomic E-state index is -1.07. The molecule has 1 unspecified atom stereocenters. The monoisotopic (exact) mass is 305 g/mol. The topological polar surface area (TPSA) is 94.4 Å². The van der Waals surface area contributed by atoms with Crippen LogP contribution < -0.4 is 10.1 Å². The summed E-state index contributed by atoms with van der Waals surface area (Å²) >= 11 is 0. The first-order valence-electron chi connectivity index (χ1n) is 6.30. The van der Waals surface area contributed by atoms with Crippen molar-refractivity contribution in [1.82, 2.24) is 4.98 Å². The fourth-order valence-electron chi connectivity index (χ4n) is 1.65. The smallest absolute Gasteiger partial charge is 0.406 e. The van der Waals surface area contributed by atoms with E-state index in [1.54, 1.807) is 6.07 Å². The molecule has 1 heterocycles. The minimum Gasteiger partial charge on any atom is -0.473 e. The molecule has 7 nitrogen and oxygen atoms in total. The molecule has 22 heavy (non-hydrogen) atoms. The molecular formula is C14H12FN3O4. The SMILES string of the molecule is CC(Oc1cccnc1[N+](=O)[O-])C(=O)Nc1ccccc1F. The second-order valence-corrected chi connectivity index (χ2v) is 4.31. The summed E-state index contributed by atoms with van der Waals surface area (Å²) in [6.07, 6.45) is 0.178. The number of aromatic nitrogens is 1. The Morgan fingerprint density at radius 3 is 2.77 bits per heavy atom. The maximum atomic E-state index is 13.5. The van der Waals surface area contributed by atoms with Gasteiger partial charge in [0.1, 0.15) is 12.0 Å². The number of amides is 1. The van der Waals surface area contributed by atoms with Crippen LogP contribution in [0.25, 0.3) is 0 Å². The summed E-state index contributed by atoms with van der Waals surface area (Å²) < 4.78 is 18.7. The molecule has 0 aliphatic carbocycles. The van der Waals surface area contributed by atoms with Crippen molar-refractivity contribution in [2.45, 2.75) is 13.0 Å². The summed E-state index contributed by atoms with van der Waals surface area (Å²) in [5, 5.41) is 13.2. The molecule has 0 bridgehead atoms. The second-order valence-electron chi connectivity index (χ2n) is 4.31. The predicted octanol–water partition coefficient (Wildman–Crippen LogP) is 2.53. The van der Waals surface area contributed by atoms with Crippen molar-refractivity contribution in [2.75, 3.05) is 5.32 Å². The first-order valence-corrected chi connectivity index (χ1v) is 6.30. The van der Waals surface area contributed by atoms with Crippen molar-refractivity contribution in [1.29, 1.82) is 0 Å². The zero-order valence-electron chi connectivity index (χ0n) is 11.5. The standard InChI is InChI=1S/C14H12FN3O4/c1-9(14(19)17-11-6-3-2-5-10(11)15)22-12-7-4-8-16-13(12)18(20)21/h2-9H,1H3,(H,17,19). The van der Waals surface area contributed by atoms with Gasteiger partial charge in [-0.05, 0) is 41.1 Å². The Morgan fingerprint density at radius 2 is 2.09 bits per heavy atom. The van der Waals surface area contributed by atoms with Crippen LogP contribution in [0.1, 0.15) is 6.92 Å². The molecule has 1 N–H and O–H groups in total. The van der Waals surface area contributed by atoms with Gasteiger partial charge in [0.05, 0.1) is 5.69 Å². The lowest BCUT2D eigenvalue weighted by Crippen LogP contribution is -2.30. The molecule has 8 heteroatoms. The lowest BCUT2D eigenvalue weighted by Gasteiger charge is -2.14. The summed E-state index contributed by atoms with van der Waals surface area (Å²) in [4.78, 5) is 25.6. The highest BCUT2D eigenvalue weighted by molar-refractivity contribution is 5.94. The molecule has 2 aromatic rings. The fraction of sp³-hybridized carbons (Fsp3) is 0.143. The van der Waals surface area contributed by atoms with Crippen LogP contribution in [-0.4, -0.2) is 21.9 Å². The highest BCUT2D eigenvalue weighted by atomic mass is 19.1. The van der Waals surface area contributed by atoms with Crippen LogP contribution >= 0.6 is 0 Å². The minimum absolute atomic E-state index is 0.00337. The number of para-hydroxylation sites is 1. The molecule has 0 radical (unpaired) electrons. The van der Waals surface area contributed by atoms with Crippen LogP contribution in [-0.2, 0) is 4.79 Å². The van der Waals surface area contributed by atoms with Crippen LogP contribution in [0.15, 0.2) is 42.6 Å². The highest BCUT2D eigenvalue weighted by Gasteiger charge is 2.22. The van der Waals surface area contributed by atoms with Crippen molar-refractivity contribution in [3.8, 4) is 5.75 Å². The van der Waals surface area contributed by atoms with E-state index in [2.05, 4.69) is 10.3 Å². The van der Waals surface area contributed by atoms with E-state index >= 15 is 0 Å². The third-order valence-corrected chi connectivity index (χ3v) is 2.73. The quantitative estimate of drug-likeness (QED) is 0.676. The molecule has 0 aliphatic heterocycles. The predicted molar refractivity (Wildman–Crippen MR) is 76.0 cm³/mol. The third kappa shape index (κ3) is 3.54. The Hall–Kier alpha value is -3.03. The van der Waals surface area contributed by atoms with E-state index in [1.165, 1.54) is 43.5 Å². The van der Waals surface area contributed by atoms with E-state index in [0.29, 0.717) is 0 Å². The summed E-state index contributed by atoms with van der Waals surface area (Å²) in [7, 11) is 0. The number of pyridine rings is 1. The van der Waals surface area contributed by atoms with E-state index in [1.807, 2.05) is 0 Å². The Bertz CT molecular complexity index is 708. The molecule has 2 rings (SSSR count). The number of hydrogen-bond acceptors (Lipinski definition) is 5. The lowest BCUT2D eigenvalue weighted by atomic mass is 10.3. The van der Waals surface area contributed by atoms with Crippen molar-refractivity contribution >= 4 is 17.4 Å². The van der Waals surface area contributed by atoms with Crippen molar-refractivity contribution < 1.29 is 18.8 Å². The number of benzene rings is 1. The first kappa shape index (κ1) is 15.4. The number of carbonyl (C=O) groups is 1. The third-order valence-electron chi connectivity index (χ3n) is 2.73. The number of nitro groups is 1. The van der Waals surface area contributed by atoms with Gasteiger partial charge in [-0.3, -0.25) is 4.79 Å². The Morgan fingerprint density at radius 1 is 1.36 bits per heavy atom.